The van der Waals surface area contributed by atoms with Crippen molar-refractivity contribution >= 4 is 28.4 Å². The van der Waals surface area contributed by atoms with Crippen LogP contribution in [0.5, 0.6) is 0 Å². The summed E-state index contributed by atoms with van der Waals surface area (Å²) in [7, 11) is 0. The van der Waals surface area contributed by atoms with Crippen LogP contribution in [0, 0.1) is 104 Å². The summed E-state index contributed by atoms with van der Waals surface area (Å²) in [4.78, 5) is 22.3. The third-order valence-electron chi connectivity index (χ3n) is 35.7. The van der Waals surface area contributed by atoms with Crippen molar-refractivity contribution in [2.24, 2.45) is 69.5 Å². The van der Waals surface area contributed by atoms with Crippen molar-refractivity contribution in [1.82, 2.24) is 24.5 Å². The third kappa shape index (κ3) is 18.2. The van der Waals surface area contributed by atoms with Gasteiger partial charge >= 0.3 is 0 Å². The Kier molecular flexibility index (Phi) is 29.8. The number of aryl methyl sites for hydroxylation is 5. The zero-order valence-electron chi connectivity index (χ0n) is 87.3. The molecule has 24 rings (SSSR count). The number of para-hydroxylation sites is 5. The monoisotopic (exact) mass is 1840 g/mol. The minimum Gasteiger partial charge on any atom is -0.331 e. The Hall–Kier alpha value is -9.28. The molecule has 0 spiro atoms. The van der Waals surface area contributed by atoms with E-state index in [-0.39, 0.29) is 78.7 Å². The summed E-state index contributed by atoms with van der Waals surface area (Å²) < 4.78 is 54.4. The van der Waals surface area contributed by atoms with Crippen LogP contribution in [0.1, 0.15) is 351 Å². The van der Waals surface area contributed by atoms with E-state index in [9.17, 15) is 1.37 Å². The minimum absolute atomic E-state index is 0. The summed E-state index contributed by atoms with van der Waals surface area (Å²) in [6.45, 7) is 19.8. The molecule has 10 heteroatoms. The van der Waals surface area contributed by atoms with Crippen molar-refractivity contribution in [2.75, 3.05) is 57.7 Å². The van der Waals surface area contributed by atoms with Gasteiger partial charge in [0.15, 0.2) is 0 Å². The summed E-state index contributed by atoms with van der Waals surface area (Å²) in [5.74, 6) is 4.82. The Labute approximate surface area is 836 Å². The van der Waals surface area contributed by atoms with E-state index in [0.29, 0.717) is 11.8 Å². The second-order valence-corrected chi connectivity index (χ2v) is 42.8. The molecule has 0 N–H and O–H groups in total. The van der Waals surface area contributed by atoms with Crippen molar-refractivity contribution in [2.45, 2.75) is 349 Å². The molecule has 0 aromatic heterocycles. The number of hydrogen-bond acceptors (Lipinski definition) is 10. The quantitative estimate of drug-likeness (QED) is 0.105. The Bertz CT molecular complexity index is 5620. The fourth-order valence-electron chi connectivity index (χ4n) is 29.4. The molecule has 0 bridgehead atoms. The lowest BCUT2D eigenvalue weighted by molar-refractivity contribution is 0.0948. The number of benzene rings is 6. The van der Waals surface area contributed by atoms with Crippen LogP contribution < -0.4 is 24.5 Å². The lowest BCUT2D eigenvalue weighted by Crippen LogP contribution is -2.41. The highest BCUT2D eigenvalue weighted by Crippen LogP contribution is 2.65. The van der Waals surface area contributed by atoms with Crippen LogP contribution in [-0.4, -0.2) is 57.7 Å². The third-order valence-corrected chi connectivity index (χ3v) is 35.7. The van der Waals surface area contributed by atoms with Crippen molar-refractivity contribution in [3.05, 3.63) is 303 Å². The zero-order valence-corrected chi connectivity index (χ0v) is 81.3. The first-order valence-corrected chi connectivity index (χ1v) is 52.5. The molecule has 8 fully saturated rings. The molecule has 732 valence electrons. The average molecular weight is 1840 g/mol. The molecule has 136 heavy (non-hydrogen) atoms. The van der Waals surface area contributed by atoms with Gasteiger partial charge in [0, 0.05) is 134 Å². The van der Waals surface area contributed by atoms with Gasteiger partial charge in [0.2, 0.25) is 0 Å². The van der Waals surface area contributed by atoms with Gasteiger partial charge in [-0.2, -0.15) is 0 Å². The van der Waals surface area contributed by atoms with Crippen LogP contribution in [-0.2, 0) is 5.41 Å². The molecule has 10 nitrogen and oxygen atoms in total. The van der Waals surface area contributed by atoms with Crippen molar-refractivity contribution in [3.8, 4) is 0 Å². The van der Waals surface area contributed by atoms with Crippen molar-refractivity contribution in [3.63, 3.8) is 0 Å². The average Bonchev–Trinajstić information content (AvgIpc) is 1.55. The topological polar surface area (TPSA) is 32.4 Å². The number of anilines is 5. The van der Waals surface area contributed by atoms with E-state index in [2.05, 4.69) is 302 Å². The number of nitrogens with zero attached hydrogens (tertiary/aromatic N) is 10. The number of hydrogen-bond donors (Lipinski definition) is 0. The molecule has 8 atom stereocenters. The van der Waals surface area contributed by atoms with Gasteiger partial charge in [-0.3, -0.25) is 0 Å². The van der Waals surface area contributed by atoms with Crippen molar-refractivity contribution < 1.29 is 8.22 Å². The molecule has 8 aliphatic carbocycles. The van der Waals surface area contributed by atoms with E-state index in [1.165, 1.54) is 321 Å². The largest absolute Gasteiger partial charge is 0.331 e. The van der Waals surface area contributed by atoms with E-state index in [0.717, 1.165) is 71.1 Å². The molecule has 10 aliphatic heterocycles. The molecule has 6 aromatic rings. The van der Waals surface area contributed by atoms with Crippen LogP contribution in [0.15, 0.2) is 270 Å². The highest BCUT2D eigenvalue weighted by Gasteiger charge is 2.59. The summed E-state index contributed by atoms with van der Waals surface area (Å²) in [5, 5.41) is 0. The standard InChI is InChI=1S/C26H36N2.C26H30N2.C25H34N2.C24H32N2.C20H26N2.5CH4/c2*1-20-11-9-10-16-24(20)28-19-27-18-17-26(25(27)21(28)2,22-12-5-3-6-13-22)23-14-7-4-8-15-23;1-19-10-6-9-15-23(19)27-18-26-17-16-25(24(26)20(27)2,22-13-7-8-14-22)21-11-4-3-5-12-21;1-18-9-3-8-14-22(18)26-17-25-16-15-24(23(25)19(26)2,20-10-4-5-11-20)21-12-6-7-13-21;1-15-8-6-7-11-19(15)22-14-21-13-12-18(20(21)16(22)2)17-9-4-3-5-10-17;;;;;/h9-11,16-18,22-23H,3-8,12-15,19H2,1-2H3;3,5-6,9-13,16-18,23H,4,7-8,14-15,19H2,1-2H3;6,9-10,15-17,21-22H,3-5,7-8,11-14,18H2,1-2H3;3,8-9,14-16,20-21H,4-7,10-13,17H2,1-2H3;6-8,11-13,17-18H,3-5,9-10,14H2,1-2H3;5*1H4/i2*19D;18D;17D;14D,18D;;;;;. The van der Waals surface area contributed by atoms with Crippen molar-refractivity contribution in [1.29, 1.82) is 0 Å². The Morgan fingerprint density at radius 2 is 0.478 bits per heavy atom. The van der Waals surface area contributed by atoms with E-state index in [4.69, 9.17) is 6.85 Å². The second kappa shape index (κ2) is 43.6. The van der Waals surface area contributed by atoms with E-state index in [1.54, 1.807) is 0 Å². The summed E-state index contributed by atoms with van der Waals surface area (Å²) in [6.07, 6.45) is 72.7. The Balaban J connectivity index is 0.000000133. The molecular formula is C126H178N10. The lowest BCUT2D eigenvalue weighted by atomic mass is 9.57. The fourth-order valence-corrected chi connectivity index (χ4v) is 29.4. The lowest BCUT2D eigenvalue weighted by Gasteiger charge is -2.47. The van der Waals surface area contributed by atoms with E-state index < -0.39 is 19.2 Å². The van der Waals surface area contributed by atoms with Crippen LogP contribution >= 0.6 is 0 Å². The smallest absolute Gasteiger partial charge is 0.0989 e. The Morgan fingerprint density at radius 1 is 0.243 bits per heavy atom. The first-order valence-electron chi connectivity index (χ1n) is 55.9. The second-order valence-electron chi connectivity index (χ2n) is 42.8. The van der Waals surface area contributed by atoms with Gasteiger partial charge in [0.25, 0.3) is 0 Å². The maximum Gasteiger partial charge on any atom is 0.0989 e. The van der Waals surface area contributed by atoms with Gasteiger partial charge in [0.1, 0.15) is 0 Å². The van der Waals surface area contributed by atoms with Gasteiger partial charge in [-0.1, -0.05) is 324 Å². The predicted octanol–water partition coefficient (Wildman–Crippen LogP) is 34.3. The van der Waals surface area contributed by atoms with Crippen LogP contribution in [0.25, 0.3) is 0 Å². The minimum atomic E-state index is -0.665. The molecule has 8 unspecified atom stereocenters. The highest BCUT2D eigenvalue weighted by molar-refractivity contribution is 5.67. The summed E-state index contributed by atoms with van der Waals surface area (Å²) in [6, 6.07) is 53.4. The maximum absolute atomic E-state index is 9.23. The number of rotatable bonds is 14. The van der Waals surface area contributed by atoms with E-state index >= 15 is 0 Å². The molecule has 6 aromatic carbocycles. The van der Waals surface area contributed by atoms with Crippen LogP contribution in [0.2, 0.25) is 0 Å². The van der Waals surface area contributed by atoms with Crippen LogP contribution in [0.3, 0.4) is 0 Å². The first-order chi connectivity index (χ1) is 66.6. The summed E-state index contributed by atoms with van der Waals surface area (Å²) >= 11 is 0. The predicted molar refractivity (Wildman–Crippen MR) is 582 cm³/mol. The SMILES string of the molecule is C.C.C.C.C.[2H]C1N2C=CC(C3CCCC3)(C3CCCC3)C2=C(C)N1c1ccccc1C.[2H]C1N2C=CC(C3CCCCC3)(C3CCCC3)C2=C(C)N1c1ccccc1C.[2H]C1N2C=CC(C3CCCCC3)(C3CCCCC3)C2=C(C)N1c1ccccc1C.[2H]C1N2C=CC([2H])(C3CCCCC3)C2=C(C)N1c1ccccc1C.[2H]C1N2C=CC(c3ccccc3)(C3CCCCC3)C2=C(C)N1c1ccccc1C. The summed E-state index contributed by atoms with van der Waals surface area (Å²) in [5.41, 5.74) is 26.7. The van der Waals surface area contributed by atoms with Gasteiger partial charge in [0.05, 0.1) is 51.2 Å². The molecule has 18 aliphatic rings. The fraction of sp³-hybridized carbons (Fsp3) is 0.556. The molecule has 0 amide bonds. The highest BCUT2D eigenvalue weighted by atomic mass is 15.4. The molecule has 8 saturated carbocycles. The van der Waals surface area contributed by atoms with Crippen LogP contribution in [0.4, 0.5) is 28.4 Å². The molecule has 10 heterocycles. The molecular weight excluding hydrogens is 1650 g/mol. The first kappa shape index (κ1) is 93.0. The van der Waals surface area contributed by atoms with Gasteiger partial charge in [-0.05, 0) is 283 Å². The van der Waals surface area contributed by atoms with Gasteiger partial charge < -0.3 is 49.0 Å². The number of allylic oxidation sites excluding steroid dienone is 10. The van der Waals surface area contributed by atoms with Gasteiger partial charge in [-0.25, -0.2) is 0 Å². The maximum atomic E-state index is 9.23. The molecule has 0 saturated heterocycles. The normalized spacial score (nSPS) is 29.1. The zero-order chi connectivity index (χ0) is 94.8. The Morgan fingerprint density at radius 3 is 0.779 bits per heavy atom. The van der Waals surface area contributed by atoms with Gasteiger partial charge in [-0.15, -0.1) is 0 Å². The number of fused-ring (bicyclic) bond motifs is 5. The molecule has 0 radical (unpaired) electrons. The van der Waals surface area contributed by atoms with E-state index in [1.807, 2.05) is 29.3 Å².